The van der Waals surface area contributed by atoms with Crippen molar-refractivity contribution in [1.29, 1.82) is 5.26 Å². The van der Waals surface area contributed by atoms with Crippen molar-refractivity contribution in [3.05, 3.63) is 24.4 Å². The Morgan fingerprint density at radius 3 is 3.11 bits per heavy atom. The van der Waals surface area contributed by atoms with Crippen molar-refractivity contribution < 1.29 is 0 Å². The molecular weight excluding hydrogens is 232 g/mol. The lowest BCUT2D eigenvalue weighted by atomic mass is 10.3. The topological polar surface area (TPSA) is 108 Å². The Morgan fingerprint density at radius 1 is 1.39 bits per heavy atom. The van der Waals surface area contributed by atoms with E-state index in [9.17, 15) is 0 Å². The largest absolute Gasteiger partial charge is 0.340 e. The summed E-state index contributed by atoms with van der Waals surface area (Å²) in [4.78, 5) is 15.1. The second kappa shape index (κ2) is 3.81. The van der Waals surface area contributed by atoms with E-state index in [4.69, 9.17) is 5.26 Å². The molecule has 0 aliphatic rings. The first kappa shape index (κ1) is 10.2. The number of nitriles is 1. The Kier molecular flexibility index (Phi) is 2.16. The first-order valence-corrected chi connectivity index (χ1v) is 5.13. The van der Waals surface area contributed by atoms with Gasteiger partial charge in [0.25, 0.3) is 0 Å². The van der Waals surface area contributed by atoms with Crippen molar-refractivity contribution >= 4 is 22.8 Å². The summed E-state index contributed by atoms with van der Waals surface area (Å²) >= 11 is 0. The van der Waals surface area contributed by atoms with E-state index in [2.05, 4.69) is 36.4 Å². The molecule has 0 amide bonds. The standard InChI is InChI=1S/C10H8N8/c1-18-10(6(2-11)3-16-18)17-9-7-8(13-4-12-7)14-5-15-9/h3-5H,1H3,(H2,12,13,14,15,17). The highest BCUT2D eigenvalue weighted by molar-refractivity contribution is 5.84. The highest BCUT2D eigenvalue weighted by Gasteiger charge is 2.12. The van der Waals surface area contributed by atoms with Gasteiger partial charge in [0.2, 0.25) is 0 Å². The highest BCUT2D eigenvalue weighted by atomic mass is 15.3. The Hall–Kier alpha value is -2.95. The van der Waals surface area contributed by atoms with Crippen molar-refractivity contribution in [2.24, 2.45) is 7.05 Å². The molecule has 0 atom stereocenters. The van der Waals surface area contributed by atoms with Gasteiger partial charge in [0, 0.05) is 7.05 Å². The Bertz CT molecular complexity index is 747. The van der Waals surface area contributed by atoms with Crippen LogP contribution >= 0.6 is 0 Å². The van der Waals surface area contributed by atoms with E-state index >= 15 is 0 Å². The summed E-state index contributed by atoms with van der Waals surface area (Å²) in [6.45, 7) is 0. The van der Waals surface area contributed by atoms with Crippen LogP contribution < -0.4 is 5.32 Å². The number of rotatable bonds is 2. The molecule has 3 rings (SSSR count). The van der Waals surface area contributed by atoms with Gasteiger partial charge in [-0.2, -0.15) is 10.4 Å². The molecule has 0 radical (unpaired) electrons. The van der Waals surface area contributed by atoms with Gasteiger partial charge in [-0.1, -0.05) is 0 Å². The first-order valence-electron chi connectivity index (χ1n) is 5.13. The molecule has 0 bridgehead atoms. The van der Waals surface area contributed by atoms with Gasteiger partial charge in [0.15, 0.2) is 11.5 Å². The summed E-state index contributed by atoms with van der Waals surface area (Å²) in [6, 6.07) is 2.06. The third-order valence-electron chi connectivity index (χ3n) is 2.52. The smallest absolute Gasteiger partial charge is 0.182 e. The van der Waals surface area contributed by atoms with Crippen LogP contribution in [-0.2, 0) is 7.05 Å². The molecule has 88 valence electrons. The zero-order valence-corrected chi connectivity index (χ0v) is 9.42. The van der Waals surface area contributed by atoms with E-state index in [1.807, 2.05) is 0 Å². The maximum atomic E-state index is 8.99. The van der Waals surface area contributed by atoms with Crippen molar-refractivity contribution in [3.8, 4) is 6.07 Å². The van der Waals surface area contributed by atoms with Crippen LogP contribution in [0.2, 0.25) is 0 Å². The van der Waals surface area contributed by atoms with Crippen molar-refractivity contribution in [3.63, 3.8) is 0 Å². The number of hydrogen-bond donors (Lipinski definition) is 2. The number of aryl methyl sites for hydroxylation is 1. The second-order valence-corrected chi connectivity index (χ2v) is 3.59. The van der Waals surface area contributed by atoms with Gasteiger partial charge in [-0.3, -0.25) is 4.68 Å². The third-order valence-corrected chi connectivity index (χ3v) is 2.52. The quantitative estimate of drug-likeness (QED) is 0.682. The number of nitrogens with one attached hydrogen (secondary N) is 2. The van der Waals surface area contributed by atoms with Gasteiger partial charge in [-0.05, 0) is 0 Å². The van der Waals surface area contributed by atoms with Crippen molar-refractivity contribution in [2.75, 3.05) is 5.32 Å². The molecule has 8 nitrogen and oxygen atoms in total. The molecule has 3 aromatic rings. The molecule has 0 unspecified atom stereocenters. The van der Waals surface area contributed by atoms with E-state index in [0.29, 0.717) is 28.4 Å². The van der Waals surface area contributed by atoms with E-state index in [0.717, 1.165) is 0 Å². The molecule has 0 aliphatic carbocycles. The Labute approximate surface area is 101 Å². The van der Waals surface area contributed by atoms with Crippen molar-refractivity contribution in [1.82, 2.24) is 29.7 Å². The summed E-state index contributed by atoms with van der Waals surface area (Å²) in [6.07, 6.45) is 4.45. The van der Waals surface area contributed by atoms with Crippen LogP contribution in [-0.4, -0.2) is 29.7 Å². The van der Waals surface area contributed by atoms with E-state index in [1.165, 1.54) is 12.5 Å². The van der Waals surface area contributed by atoms with Crippen LogP contribution in [0, 0.1) is 11.3 Å². The van der Waals surface area contributed by atoms with Crippen LogP contribution in [0.25, 0.3) is 11.2 Å². The highest BCUT2D eigenvalue weighted by Crippen LogP contribution is 2.21. The summed E-state index contributed by atoms with van der Waals surface area (Å²) in [7, 11) is 1.74. The second-order valence-electron chi connectivity index (χ2n) is 3.59. The minimum atomic E-state index is 0.448. The van der Waals surface area contributed by atoms with Crippen LogP contribution in [0.5, 0.6) is 0 Å². The SMILES string of the molecule is Cn1ncc(C#N)c1Nc1ncnc2nc[nH]c12. The third kappa shape index (κ3) is 1.46. The van der Waals surface area contributed by atoms with Crippen LogP contribution in [0.4, 0.5) is 11.6 Å². The number of H-pyrrole nitrogens is 1. The maximum absolute atomic E-state index is 8.99. The summed E-state index contributed by atoms with van der Waals surface area (Å²) < 4.78 is 1.57. The molecule has 0 saturated carbocycles. The lowest BCUT2D eigenvalue weighted by molar-refractivity contribution is 0.776. The van der Waals surface area contributed by atoms with Gasteiger partial charge in [0.1, 0.15) is 29.3 Å². The van der Waals surface area contributed by atoms with E-state index in [-0.39, 0.29) is 0 Å². The number of nitrogens with zero attached hydrogens (tertiary/aromatic N) is 6. The molecule has 2 N–H and O–H groups in total. The van der Waals surface area contributed by atoms with E-state index in [1.54, 1.807) is 18.1 Å². The van der Waals surface area contributed by atoms with Crippen molar-refractivity contribution in [2.45, 2.75) is 0 Å². The molecule has 0 aliphatic heterocycles. The average Bonchev–Trinajstić information content (AvgIpc) is 2.98. The van der Waals surface area contributed by atoms with Gasteiger partial charge in [-0.15, -0.1) is 0 Å². The fourth-order valence-electron chi connectivity index (χ4n) is 1.64. The zero-order chi connectivity index (χ0) is 12.5. The molecular formula is C10H8N8. The Balaban J connectivity index is 2.09. The molecule has 0 fully saturated rings. The zero-order valence-electron chi connectivity index (χ0n) is 9.42. The Morgan fingerprint density at radius 2 is 2.28 bits per heavy atom. The van der Waals surface area contributed by atoms with Crippen LogP contribution in [0.15, 0.2) is 18.9 Å². The number of anilines is 2. The fraction of sp³-hybridized carbons (Fsp3) is 0.100. The normalized spacial score (nSPS) is 10.4. The molecule has 18 heavy (non-hydrogen) atoms. The van der Waals surface area contributed by atoms with Crippen LogP contribution in [0.3, 0.4) is 0 Å². The predicted octanol–water partition coefficient (Wildman–Crippen LogP) is 0.702. The first-order chi connectivity index (χ1) is 8.79. The number of imidazole rings is 1. The monoisotopic (exact) mass is 240 g/mol. The minimum Gasteiger partial charge on any atom is -0.340 e. The predicted molar refractivity (Wildman–Crippen MR) is 62.9 cm³/mol. The molecule has 0 saturated heterocycles. The molecule has 0 spiro atoms. The lowest BCUT2D eigenvalue weighted by Gasteiger charge is -2.06. The molecule has 0 aromatic carbocycles. The van der Waals surface area contributed by atoms with Gasteiger partial charge >= 0.3 is 0 Å². The fourth-order valence-corrected chi connectivity index (χ4v) is 1.64. The number of fused-ring (bicyclic) bond motifs is 1. The molecule has 3 aromatic heterocycles. The van der Waals surface area contributed by atoms with E-state index < -0.39 is 0 Å². The van der Waals surface area contributed by atoms with Gasteiger partial charge < -0.3 is 10.3 Å². The lowest BCUT2D eigenvalue weighted by Crippen LogP contribution is -2.03. The molecule has 8 heteroatoms. The maximum Gasteiger partial charge on any atom is 0.182 e. The number of aromatic amines is 1. The number of aromatic nitrogens is 6. The van der Waals surface area contributed by atoms with Gasteiger partial charge in [-0.25, -0.2) is 15.0 Å². The summed E-state index contributed by atoms with van der Waals surface area (Å²) in [5.74, 6) is 1.13. The summed E-state index contributed by atoms with van der Waals surface area (Å²) in [5, 5.41) is 16.1. The minimum absolute atomic E-state index is 0.448. The van der Waals surface area contributed by atoms with Gasteiger partial charge in [0.05, 0.1) is 12.5 Å². The molecule has 3 heterocycles. The van der Waals surface area contributed by atoms with Crippen LogP contribution in [0.1, 0.15) is 5.56 Å². The average molecular weight is 240 g/mol. The number of hydrogen-bond acceptors (Lipinski definition) is 6. The summed E-state index contributed by atoms with van der Waals surface area (Å²) in [5.41, 5.74) is 1.69.